The van der Waals surface area contributed by atoms with Crippen molar-refractivity contribution < 1.29 is 19.0 Å². The smallest absolute Gasteiger partial charge is 0.353 e. The molecule has 0 spiro atoms. The van der Waals surface area contributed by atoms with Crippen LogP contribution in [0.15, 0.2) is 71.4 Å². The van der Waals surface area contributed by atoms with Gasteiger partial charge in [0.05, 0.1) is 13.0 Å². The number of methoxy groups -OCH3 is 1. The summed E-state index contributed by atoms with van der Waals surface area (Å²) in [6, 6.07) is 18.1. The zero-order valence-electron chi connectivity index (χ0n) is 15.4. The summed E-state index contributed by atoms with van der Waals surface area (Å²) in [4.78, 5) is 12.7. The third-order valence-electron chi connectivity index (χ3n) is 4.57. The Morgan fingerprint density at radius 1 is 1.17 bits per heavy atom. The van der Waals surface area contributed by atoms with Crippen molar-refractivity contribution in [1.29, 1.82) is 5.26 Å². The number of nitrogens with two attached hydrogens (primary N) is 1. The Hall–Kier alpha value is -3.76. The summed E-state index contributed by atoms with van der Waals surface area (Å²) in [5, 5.41) is 11.5. The van der Waals surface area contributed by atoms with Crippen LogP contribution >= 0.6 is 11.3 Å². The molecule has 3 aromatic rings. The van der Waals surface area contributed by atoms with Gasteiger partial charge >= 0.3 is 5.97 Å². The summed E-state index contributed by atoms with van der Waals surface area (Å²) < 4.78 is 16.6. The number of thiophene rings is 1. The normalized spacial score (nSPS) is 15.1. The predicted octanol–water partition coefficient (Wildman–Crippen LogP) is 4.19. The molecular formula is C22H16N2O4S. The zero-order chi connectivity index (χ0) is 20.4. The average Bonchev–Trinajstić information content (AvgIpc) is 3.27. The lowest BCUT2D eigenvalue weighted by Crippen LogP contribution is -2.21. The van der Waals surface area contributed by atoms with Gasteiger partial charge in [0.15, 0.2) is 0 Å². The molecule has 29 heavy (non-hydrogen) atoms. The Morgan fingerprint density at radius 2 is 2.00 bits per heavy atom. The van der Waals surface area contributed by atoms with Crippen molar-refractivity contribution in [3.63, 3.8) is 0 Å². The van der Waals surface area contributed by atoms with Crippen molar-refractivity contribution in [2.75, 3.05) is 7.11 Å². The first-order valence-electron chi connectivity index (χ1n) is 8.72. The first-order valence-corrected chi connectivity index (χ1v) is 9.60. The molecule has 2 N–H and O–H groups in total. The van der Waals surface area contributed by atoms with Crippen molar-refractivity contribution >= 4 is 17.3 Å². The van der Waals surface area contributed by atoms with E-state index in [4.69, 9.17) is 19.9 Å². The quantitative estimate of drug-likeness (QED) is 0.517. The maximum absolute atomic E-state index is 12.2. The number of esters is 1. The van der Waals surface area contributed by atoms with Gasteiger partial charge in [0.25, 0.3) is 0 Å². The van der Waals surface area contributed by atoms with E-state index in [1.54, 1.807) is 42.8 Å². The minimum Gasteiger partial charge on any atom is -0.496 e. The van der Waals surface area contributed by atoms with Crippen molar-refractivity contribution in [2.45, 2.75) is 5.92 Å². The third-order valence-corrected chi connectivity index (χ3v) is 5.42. The molecule has 0 saturated carbocycles. The van der Waals surface area contributed by atoms with Crippen molar-refractivity contribution in [2.24, 2.45) is 5.73 Å². The lowest BCUT2D eigenvalue weighted by molar-refractivity contribution is 0.0739. The lowest BCUT2D eigenvalue weighted by atomic mass is 9.83. The molecule has 0 radical (unpaired) electrons. The topological polar surface area (TPSA) is 94.6 Å². The first kappa shape index (κ1) is 18.6. The predicted molar refractivity (Wildman–Crippen MR) is 108 cm³/mol. The number of hydrogen-bond donors (Lipinski definition) is 1. The monoisotopic (exact) mass is 404 g/mol. The van der Waals surface area contributed by atoms with E-state index in [1.165, 1.54) is 11.3 Å². The van der Waals surface area contributed by atoms with Crippen LogP contribution in [0.25, 0.3) is 0 Å². The van der Waals surface area contributed by atoms with Crippen LogP contribution in [0.3, 0.4) is 0 Å². The van der Waals surface area contributed by atoms with Gasteiger partial charge in [0.1, 0.15) is 33.8 Å². The zero-order valence-corrected chi connectivity index (χ0v) is 16.2. The minimum atomic E-state index is -0.457. The molecule has 2 aromatic carbocycles. The Labute approximate surface area is 171 Å². The molecule has 1 atom stereocenters. The number of carbonyl (C=O) groups is 1. The number of benzene rings is 2. The fourth-order valence-electron chi connectivity index (χ4n) is 3.28. The number of nitrogens with zero attached hydrogens (tertiary/aromatic N) is 1. The standard InChI is InChI=1S/C22H16N2O4S/c1-26-17-6-3-2-5-14(17)20-15-9-8-13(27-22(25)19-7-4-10-29-19)11-18(15)28-21(24)16(20)12-23/h2-11,20H,24H2,1H3. The van der Waals surface area contributed by atoms with Crippen LogP contribution < -0.4 is 19.9 Å². The summed E-state index contributed by atoms with van der Waals surface area (Å²) in [5.41, 5.74) is 7.86. The van der Waals surface area contributed by atoms with Crippen molar-refractivity contribution in [1.82, 2.24) is 0 Å². The molecule has 1 unspecified atom stereocenters. The number of hydrogen-bond acceptors (Lipinski definition) is 7. The Bertz CT molecular complexity index is 1150. The second-order valence-electron chi connectivity index (χ2n) is 6.23. The molecule has 1 aromatic heterocycles. The molecule has 0 aliphatic carbocycles. The van der Waals surface area contributed by atoms with E-state index in [1.807, 2.05) is 24.3 Å². The molecule has 1 aliphatic rings. The number of nitriles is 1. The molecule has 2 heterocycles. The number of rotatable bonds is 4. The molecular weight excluding hydrogens is 388 g/mol. The van der Waals surface area contributed by atoms with Gasteiger partial charge in [-0.1, -0.05) is 30.3 Å². The summed E-state index contributed by atoms with van der Waals surface area (Å²) in [6.07, 6.45) is 0. The highest BCUT2D eigenvalue weighted by atomic mass is 32.1. The second kappa shape index (κ2) is 7.70. The van der Waals surface area contributed by atoms with Crippen LogP contribution in [-0.4, -0.2) is 13.1 Å². The highest BCUT2D eigenvalue weighted by Gasteiger charge is 2.32. The van der Waals surface area contributed by atoms with Gasteiger partial charge in [-0.25, -0.2) is 4.79 Å². The number of ether oxygens (including phenoxy) is 3. The van der Waals surface area contributed by atoms with E-state index in [-0.39, 0.29) is 5.88 Å². The van der Waals surface area contributed by atoms with E-state index >= 15 is 0 Å². The maximum atomic E-state index is 12.2. The van der Waals surface area contributed by atoms with Gasteiger partial charge in [-0.05, 0) is 23.6 Å². The van der Waals surface area contributed by atoms with Crippen LogP contribution in [0, 0.1) is 11.3 Å². The molecule has 7 heteroatoms. The minimum absolute atomic E-state index is 0.0117. The van der Waals surface area contributed by atoms with Crippen molar-refractivity contribution in [3.05, 3.63) is 87.4 Å². The summed E-state index contributed by atoms with van der Waals surface area (Å²) in [5.74, 6) is 0.500. The van der Waals surface area contributed by atoms with E-state index in [0.717, 1.165) is 11.1 Å². The average molecular weight is 404 g/mol. The van der Waals surface area contributed by atoms with Crippen molar-refractivity contribution in [3.8, 4) is 23.3 Å². The summed E-state index contributed by atoms with van der Waals surface area (Å²) in [7, 11) is 1.57. The van der Waals surface area contributed by atoms with Crippen LogP contribution in [0.4, 0.5) is 0 Å². The molecule has 144 valence electrons. The van der Waals surface area contributed by atoms with Gasteiger partial charge in [-0.2, -0.15) is 5.26 Å². The number of fused-ring (bicyclic) bond motifs is 1. The van der Waals surface area contributed by atoms with Crippen LogP contribution in [0.1, 0.15) is 26.7 Å². The number of allylic oxidation sites excluding steroid dienone is 1. The molecule has 0 amide bonds. The van der Waals surface area contributed by atoms with Crippen LogP contribution in [0.2, 0.25) is 0 Å². The molecule has 4 rings (SSSR count). The largest absolute Gasteiger partial charge is 0.496 e. The SMILES string of the molecule is COc1ccccc1C1C(C#N)=C(N)Oc2cc(OC(=O)c3cccs3)ccc21. The maximum Gasteiger partial charge on any atom is 0.353 e. The number of carbonyl (C=O) groups excluding carboxylic acids is 1. The molecule has 0 fully saturated rings. The van der Waals surface area contributed by atoms with Crippen LogP contribution in [-0.2, 0) is 0 Å². The molecule has 0 bridgehead atoms. The Morgan fingerprint density at radius 3 is 2.72 bits per heavy atom. The van der Waals surface area contributed by atoms with Gasteiger partial charge in [-0.3, -0.25) is 0 Å². The van der Waals surface area contributed by atoms with E-state index in [9.17, 15) is 10.1 Å². The lowest BCUT2D eigenvalue weighted by Gasteiger charge is -2.27. The molecule has 1 aliphatic heterocycles. The van der Waals surface area contributed by atoms with Gasteiger partial charge in [0, 0.05) is 17.2 Å². The Kier molecular flexibility index (Phi) is 4.94. The first-order chi connectivity index (χ1) is 14.1. The second-order valence-corrected chi connectivity index (χ2v) is 7.18. The third kappa shape index (κ3) is 3.42. The highest BCUT2D eigenvalue weighted by Crippen LogP contribution is 2.45. The number of para-hydroxylation sites is 1. The van der Waals surface area contributed by atoms with Gasteiger partial charge in [0.2, 0.25) is 5.88 Å². The van der Waals surface area contributed by atoms with Gasteiger partial charge in [-0.15, -0.1) is 11.3 Å². The van der Waals surface area contributed by atoms with E-state index in [0.29, 0.717) is 27.7 Å². The molecule has 0 saturated heterocycles. The van der Waals surface area contributed by atoms with Crippen LogP contribution in [0.5, 0.6) is 17.2 Å². The van der Waals surface area contributed by atoms with Gasteiger partial charge < -0.3 is 19.9 Å². The summed E-state index contributed by atoms with van der Waals surface area (Å²) >= 11 is 1.30. The fraction of sp³-hybridized carbons (Fsp3) is 0.0909. The Balaban J connectivity index is 1.75. The molecule has 6 nitrogen and oxygen atoms in total. The fourth-order valence-corrected chi connectivity index (χ4v) is 3.87. The highest BCUT2D eigenvalue weighted by molar-refractivity contribution is 7.12. The van der Waals surface area contributed by atoms with E-state index in [2.05, 4.69) is 6.07 Å². The van der Waals surface area contributed by atoms with E-state index < -0.39 is 11.9 Å². The summed E-state index contributed by atoms with van der Waals surface area (Å²) in [6.45, 7) is 0.